The van der Waals surface area contributed by atoms with Crippen molar-refractivity contribution in [3.63, 3.8) is 0 Å². The van der Waals surface area contributed by atoms with Gasteiger partial charge in [-0.2, -0.15) is 0 Å². The van der Waals surface area contributed by atoms with E-state index in [0.29, 0.717) is 32.1 Å². The predicted molar refractivity (Wildman–Crippen MR) is 157 cm³/mol. The third-order valence-corrected chi connectivity index (χ3v) is 8.55. The molecule has 47 heavy (non-hydrogen) atoms. The number of benzene rings is 2. The zero-order valence-electron chi connectivity index (χ0n) is 24.8. The molecule has 2 atom stereocenters. The summed E-state index contributed by atoms with van der Waals surface area (Å²) in [5.41, 5.74) is 0.490. The number of carbonyl (C=O) groups excluding carboxylic acids is 2. The Labute approximate surface area is 264 Å². The van der Waals surface area contributed by atoms with E-state index >= 15 is 0 Å². The molecule has 246 valence electrons. The van der Waals surface area contributed by atoms with Crippen molar-refractivity contribution in [3.05, 3.63) is 66.0 Å². The summed E-state index contributed by atoms with van der Waals surface area (Å²) >= 11 is 0. The van der Waals surface area contributed by atoms with Gasteiger partial charge in [0, 0.05) is 61.6 Å². The van der Waals surface area contributed by atoms with E-state index < -0.39 is 53.3 Å². The number of esters is 2. The number of aromatic nitrogens is 3. The summed E-state index contributed by atoms with van der Waals surface area (Å²) in [4.78, 5) is 39.5. The van der Waals surface area contributed by atoms with Crippen molar-refractivity contribution in [2.45, 2.75) is 56.2 Å². The maximum Gasteiger partial charge on any atom is 0.371 e. The fourth-order valence-electron chi connectivity index (χ4n) is 6.26. The van der Waals surface area contributed by atoms with Gasteiger partial charge >= 0.3 is 17.8 Å². The first kappa shape index (κ1) is 31.0. The Morgan fingerprint density at radius 3 is 2.23 bits per heavy atom. The minimum atomic E-state index is -2.46. The number of halogens is 4. The van der Waals surface area contributed by atoms with E-state index in [0.717, 1.165) is 24.3 Å². The van der Waals surface area contributed by atoms with Crippen LogP contribution in [-0.2, 0) is 23.8 Å². The lowest BCUT2D eigenvalue weighted by Crippen LogP contribution is -2.72. The largest absolute Gasteiger partial charge is 0.401 e. The molecule has 2 aromatic heterocycles. The molecule has 3 aliphatic rings. The molecule has 0 bridgehead atoms. The smallest absolute Gasteiger partial charge is 0.371 e. The molecule has 0 aliphatic carbocycles. The Balaban J connectivity index is 1.47. The van der Waals surface area contributed by atoms with Crippen molar-refractivity contribution in [2.75, 3.05) is 24.7 Å². The number of imidazole rings is 1. The van der Waals surface area contributed by atoms with Crippen molar-refractivity contribution in [1.82, 2.24) is 20.3 Å². The average molecular weight is 656 g/mol. The van der Waals surface area contributed by atoms with Gasteiger partial charge in [0.2, 0.25) is 0 Å². The maximum atomic E-state index is 14.6. The molecule has 2 aromatic carbocycles. The second-order valence-corrected chi connectivity index (χ2v) is 11.8. The summed E-state index contributed by atoms with van der Waals surface area (Å²) in [7, 11) is 0. The van der Waals surface area contributed by atoms with Crippen molar-refractivity contribution >= 4 is 28.7 Å². The number of carbonyl (C=O) groups is 2. The van der Waals surface area contributed by atoms with Crippen LogP contribution in [0.3, 0.4) is 0 Å². The Morgan fingerprint density at radius 2 is 1.57 bits per heavy atom. The Bertz CT molecular complexity index is 1790. The van der Waals surface area contributed by atoms with Gasteiger partial charge in [0.1, 0.15) is 17.5 Å². The van der Waals surface area contributed by atoms with E-state index in [-0.39, 0.29) is 71.1 Å². The zero-order chi connectivity index (χ0) is 32.9. The number of H-pyrrole nitrogens is 1. The third-order valence-electron chi connectivity index (χ3n) is 8.55. The van der Waals surface area contributed by atoms with Gasteiger partial charge in [0.25, 0.3) is 0 Å². The molecule has 3 saturated heterocycles. The maximum absolute atomic E-state index is 14.6. The number of anilines is 1. The van der Waals surface area contributed by atoms with Crippen LogP contribution in [0.1, 0.15) is 32.1 Å². The van der Waals surface area contributed by atoms with Crippen molar-refractivity contribution in [1.29, 1.82) is 0 Å². The number of aliphatic hydroxyl groups excluding tert-OH is 1. The van der Waals surface area contributed by atoms with E-state index in [4.69, 9.17) is 14.2 Å². The molecular weight excluding hydrogens is 626 g/mol. The molecule has 0 saturated carbocycles. The van der Waals surface area contributed by atoms with Crippen LogP contribution >= 0.6 is 0 Å². The average Bonchev–Trinajstić information content (AvgIpc) is 3.43. The first-order chi connectivity index (χ1) is 22.6. The van der Waals surface area contributed by atoms with E-state index in [1.807, 2.05) is 0 Å². The highest BCUT2D eigenvalue weighted by molar-refractivity contribution is 5.92. The van der Waals surface area contributed by atoms with Crippen LogP contribution < -0.4 is 10.2 Å². The molecule has 5 heterocycles. The van der Waals surface area contributed by atoms with Gasteiger partial charge < -0.3 is 29.6 Å². The summed E-state index contributed by atoms with van der Waals surface area (Å²) < 4.78 is 74.8. The molecule has 11 nitrogen and oxygen atoms in total. The SMILES string of the molecule is O=C1CCCCC(=O)OC2(O1)[C@@H](O)[C@H](NC1COC1)CCN2c1c(-c2cc(F)cc(F)c2)cncc1-c1nc2cc(F)c(F)cc2[nH]1. The van der Waals surface area contributed by atoms with Crippen LogP contribution in [-0.4, -0.2) is 75.9 Å². The second-order valence-electron chi connectivity index (χ2n) is 11.8. The number of nitrogens with zero attached hydrogens (tertiary/aromatic N) is 3. The molecular formula is C32H29F4N5O6. The summed E-state index contributed by atoms with van der Waals surface area (Å²) in [6.07, 6.45) is 1.74. The topological polar surface area (TPSA) is 139 Å². The minimum absolute atomic E-state index is 0.0114. The number of nitrogens with one attached hydrogen (secondary N) is 2. The Hall–Kier alpha value is -4.60. The first-order valence-corrected chi connectivity index (χ1v) is 15.1. The van der Waals surface area contributed by atoms with Crippen LogP contribution in [0.2, 0.25) is 0 Å². The second kappa shape index (κ2) is 12.2. The van der Waals surface area contributed by atoms with Gasteiger partial charge in [0.15, 0.2) is 17.7 Å². The molecule has 3 fully saturated rings. The van der Waals surface area contributed by atoms with Crippen molar-refractivity contribution in [3.8, 4) is 22.5 Å². The van der Waals surface area contributed by atoms with Gasteiger partial charge in [-0.3, -0.25) is 19.5 Å². The van der Waals surface area contributed by atoms with Gasteiger partial charge in [-0.15, -0.1) is 0 Å². The number of pyridine rings is 1. The summed E-state index contributed by atoms with van der Waals surface area (Å²) in [6, 6.07) is 3.79. The molecule has 3 aliphatic heterocycles. The highest BCUT2D eigenvalue weighted by Crippen LogP contribution is 2.46. The fourth-order valence-corrected chi connectivity index (χ4v) is 6.26. The molecule has 4 aromatic rings. The standard InChI is InChI=1S/C32H29F4N5O6/c33-17-7-16(8-18(34)9-17)20-12-37-13-21(31-39-25-10-22(35)23(36)11-26(25)40-31)29(20)41-6-5-24(38-19-14-45-15-19)30(44)32(41)46-27(42)3-1-2-4-28(43)47-32/h7-13,19,24,30,38,44H,1-6,14-15H2,(H,39,40)/t24-,30+/m1/s1. The summed E-state index contributed by atoms with van der Waals surface area (Å²) in [6.45, 7) is 0.751. The van der Waals surface area contributed by atoms with Crippen LogP contribution in [0, 0.1) is 23.3 Å². The van der Waals surface area contributed by atoms with Crippen LogP contribution in [0.5, 0.6) is 0 Å². The number of rotatable bonds is 5. The monoisotopic (exact) mass is 655 g/mol. The minimum Gasteiger partial charge on any atom is -0.401 e. The van der Waals surface area contributed by atoms with Crippen molar-refractivity contribution < 1.29 is 46.5 Å². The van der Waals surface area contributed by atoms with E-state index in [1.165, 1.54) is 17.3 Å². The third kappa shape index (κ3) is 5.79. The summed E-state index contributed by atoms with van der Waals surface area (Å²) in [5, 5.41) is 15.3. The lowest BCUT2D eigenvalue weighted by atomic mass is 9.92. The van der Waals surface area contributed by atoms with E-state index in [2.05, 4.69) is 20.3 Å². The highest BCUT2D eigenvalue weighted by atomic mass is 19.2. The fraction of sp³-hybridized carbons (Fsp3) is 0.375. The molecule has 1 spiro atoms. The molecule has 0 radical (unpaired) electrons. The van der Waals surface area contributed by atoms with Gasteiger partial charge in [-0.05, 0) is 37.0 Å². The number of hydrogen-bond acceptors (Lipinski definition) is 10. The number of ether oxygens (including phenoxy) is 3. The lowest BCUT2D eigenvalue weighted by molar-refractivity contribution is -0.271. The van der Waals surface area contributed by atoms with Crippen LogP contribution in [0.25, 0.3) is 33.5 Å². The van der Waals surface area contributed by atoms with Gasteiger partial charge in [-0.1, -0.05) is 0 Å². The molecule has 15 heteroatoms. The number of fused-ring (bicyclic) bond motifs is 1. The number of hydrogen-bond donors (Lipinski definition) is 3. The quantitative estimate of drug-likeness (QED) is 0.213. The Morgan fingerprint density at radius 1 is 0.915 bits per heavy atom. The van der Waals surface area contributed by atoms with Crippen LogP contribution in [0.4, 0.5) is 23.2 Å². The predicted octanol–water partition coefficient (Wildman–Crippen LogP) is 4.09. The number of aromatic amines is 1. The highest BCUT2D eigenvalue weighted by Gasteiger charge is 2.59. The molecule has 0 amide bonds. The zero-order valence-corrected chi connectivity index (χ0v) is 24.8. The van der Waals surface area contributed by atoms with E-state index in [1.54, 1.807) is 0 Å². The van der Waals surface area contributed by atoms with Crippen molar-refractivity contribution in [2.24, 2.45) is 0 Å². The summed E-state index contributed by atoms with van der Waals surface area (Å²) in [5.74, 6) is -7.97. The molecule has 7 rings (SSSR count). The van der Waals surface area contributed by atoms with Gasteiger partial charge in [0.05, 0.1) is 41.5 Å². The van der Waals surface area contributed by atoms with Gasteiger partial charge in [-0.25, -0.2) is 22.5 Å². The number of piperidine rings is 1. The number of aliphatic hydroxyl groups is 1. The normalized spacial score (nSPS) is 21.9. The first-order valence-electron chi connectivity index (χ1n) is 15.1. The van der Waals surface area contributed by atoms with E-state index in [9.17, 15) is 32.3 Å². The Kier molecular flexibility index (Phi) is 8.06. The van der Waals surface area contributed by atoms with Crippen LogP contribution in [0.15, 0.2) is 42.7 Å². The lowest BCUT2D eigenvalue weighted by Gasteiger charge is -2.52. The molecule has 0 unspecified atom stereocenters. The molecule has 3 N–H and O–H groups in total.